The fourth-order valence-electron chi connectivity index (χ4n) is 1.79. The van der Waals surface area contributed by atoms with Crippen LogP contribution in [-0.2, 0) is 9.53 Å². The maximum absolute atomic E-state index is 11.8. The lowest BCUT2D eigenvalue weighted by Crippen LogP contribution is -2.48. The highest BCUT2D eigenvalue weighted by molar-refractivity contribution is 5.76. The van der Waals surface area contributed by atoms with Crippen LogP contribution < -0.4 is 0 Å². The van der Waals surface area contributed by atoms with E-state index >= 15 is 0 Å². The second-order valence-corrected chi connectivity index (χ2v) is 4.32. The van der Waals surface area contributed by atoms with Gasteiger partial charge in [-0.2, -0.15) is 0 Å². The van der Waals surface area contributed by atoms with Gasteiger partial charge in [0.2, 0.25) is 5.91 Å². The molecule has 3 heteroatoms. The third kappa shape index (κ3) is 2.98. The summed E-state index contributed by atoms with van der Waals surface area (Å²) in [5.74, 6) is 0.734. The van der Waals surface area contributed by atoms with Crippen molar-refractivity contribution < 1.29 is 9.53 Å². The number of ether oxygens (including phenoxy) is 1. The van der Waals surface area contributed by atoms with Crippen molar-refractivity contribution in [3.8, 4) is 0 Å². The smallest absolute Gasteiger partial charge is 0.223 e. The molecule has 1 heterocycles. The number of nitrogens with zero attached hydrogens (tertiary/aromatic N) is 1. The van der Waals surface area contributed by atoms with Gasteiger partial charge in [0, 0.05) is 13.0 Å². The molecule has 0 aromatic carbocycles. The molecule has 1 unspecified atom stereocenters. The average Bonchev–Trinajstić information content (AvgIpc) is 2.16. The predicted octanol–water partition coefficient (Wildman–Crippen LogP) is 1.67. The van der Waals surface area contributed by atoms with E-state index in [1.165, 1.54) is 0 Å². The molecule has 1 aliphatic rings. The molecule has 1 fully saturated rings. The number of carbonyl (C=O) groups is 1. The summed E-state index contributed by atoms with van der Waals surface area (Å²) in [4.78, 5) is 13.8. The highest BCUT2D eigenvalue weighted by Gasteiger charge is 2.25. The molecule has 0 radical (unpaired) electrons. The van der Waals surface area contributed by atoms with Crippen LogP contribution in [0.15, 0.2) is 0 Å². The van der Waals surface area contributed by atoms with Gasteiger partial charge >= 0.3 is 0 Å². The van der Waals surface area contributed by atoms with Crippen LogP contribution in [0.5, 0.6) is 0 Å². The fourth-order valence-corrected chi connectivity index (χ4v) is 1.79. The minimum atomic E-state index is 0.287. The fraction of sp³-hybridized carbons (Fsp3) is 0.909. The topological polar surface area (TPSA) is 29.5 Å². The van der Waals surface area contributed by atoms with E-state index in [4.69, 9.17) is 4.74 Å². The lowest BCUT2D eigenvalue weighted by Gasteiger charge is -2.35. The molecule has 1 aliphatic heterocycles. The van der Waals surface area contributed by atoms with Gasteiger partial charge in [-0.15, -0.1) is 0 Å². The molecule has 1 amide bonds. The molecule has 0 bridgehead atoms. The van der Waals surface area contributed by atoms with Crippen LogP contribution in [0.4, 0.5) is 0 Å². The van der Waals surface area contributed by atoms with Crippen LogP contribution in [-0.4, -0.2) is 36.6 Å². The summed E-state index contributed by atoms with van der Waals surface area (Å²) >= 11 is 0. The Balaban J connectivity index is 2.50. The Morgan fingerprint density at radius 1 is 1.57 bits per heavy atom. The zero-order valence-electron chi connectivity index (χ0n) is 9.45. The summed E-state index contributed by atoms with van der Waals surface area (Å²) in [6.45, 7) is 8.44. The Bertz CT molecular complexity index is 192. The molecule has 0 N–H and O–H groups in total. The monoisotopic (exact) mass is 199 g/mol. The van der Waals surface area contributed by atoms with Crippen LogP contribution >= 0.6 is 0 Å². The first-order chi connectivity index (χ1) is 6.65. The molecular formula is C11H21NO2. The number of carbonyl (C=O) groups excluding carboxylic acids is 1. The second kappa shape index (κ2) is 5.35. The molecule has 3 nitrogen and oxygen atoms in total. The maximum atomic E-state index is 11.8. The molecule has 0 aromatic heterocycles. The van der Waals surface area contributed by atoms with E-state index in [9.17, 15) is 4.79 Å². The van der Waals surface area contributed by atoms with E-state index in [1.54, 1.807) is 0 Å². The highest BCUT2D eigenvalue weighted by atomic mass is 16.5. The Kier molecular flexibility index (Phi) is 4.39. The summed E-state index contributed by atoms with van der Waals surface area (Å²) < 4.78 is 5.36. The van der Waals surface area contributed by atoms with Gasteiger partial charge in [-0.3, -0.25) is 4.79 Å². The van der Waals surface area contributed by atoms with Crippen molar-refractivity contribution in [2.45, 2.75) is 39.7 Å². The quantitative estimate of drug-likeness (QED) is 0.692. The van der Waals surface area contributed by atoms with Gasteiger partial charge in [-0.25, -0.2) is 0 Å². The van der Waals surface area contributed by atoms with Crippen molar-refractivity contribution >= 4 is 5.91 Å². The zero-order chi connectivity index (χ0) is 10.6. The van der Waals surface area contributed by atoms with Gasteiger partial charge in [0.25, 0.3) is 0 Å². The molecule has 1 rings (SSSR count). The minimum Gasteiger partial charge on any atom is -0.377 e. The number of morpholine rings is 1. The van der Waals surface area contributed by atoms with E-state index in [1.807, 2.05) is 4.90 Å². The lowest BCUT2D eigenvalue weighted by molar-refractivity contribution is -0.140. The molecule has 0 aliphatic carbocycles. The molecule has 1 atom stereocenters. The van der Waals surface area contributed by atoms with Crippen molar-refractivity contribution in [3.63, 3.8) is 0 Å². The SMILES string of the molecule is CCC1COCCN1C(=O)CC(C)C. The largest absolute Gasteiger partial charge is 0.377 e. The third-order valence-electron chi connectivity index (χ3n) is 2.60. The van der Waals surface area contributed by atoms with Crippen molar-refractivity contribution in [3.05, 3.63) is 0 Å². The van der Waals surface area contributed by atoms with Gasteiger partial charge in [-0.05, 0) is 12.3 Å². The summed E-state index contributed by atoms with van der Waals surface area (Å²) in [7, 11) is 0. The van der Waals surface area contributed by atoms with E-state index in [2.05, 4.69) is 20.8 Å². The first-order valence-electron chi connectivity index (χ1n) is 5.52. The molecule has 0 saturated carbocycles. The molecule has 0 spiro atoms. The van der Waals surface area contributed by atoms with Crippen LogP contribution in [0.25, 0.3) is 0 Å². The van der Waals surface area contributed by atoms with Gasteiger partial charge in [0.05, 0.1) is 19.3 Å². The molecular weight excluding hydrogens is 178 g/mol. The lowest BCUT2D eigenvalue weighted by atomic mass is 10.1. The van der Waals surface area contributed by atoms with Crippen molar-refractivity contribution in [1.82, 2.24) is 4.90 Å². The van der Waals surface area contributed by atoms with E-state index < -0.39 is 0 Å². The Labute approximate surface area is 86.4 Å². The van der Waals surface area contributed by atoms with Crippen LogP contribution in [0.2, 0.25) is 0 Å². The zero-order valence-corrected chi connectivity index (χ0v) is 9.45. The van der Waals surface area contributed by atoms with Crippen molar-refractivity contribution in [2.24, 2.45) is 5.92 Å². The van der Waals surface area contributed by atoms with E-state index in [0.717, 1.165) is 13.0 Å². The molecule has 1 saturated heterocycles. The van der Waals surface area contributed by atoms with Gasteiger partial charge in [0.1, 0.15) is 0 Å². The van der Waals surface area contributed by atoms with Crippen LogP contribution in [0.1, 0.15) is 33.6 Å². The Morgan fingerprint density at radius 3 is 2.86 bits per heavy atom. The third-order valence-corrected chi connectivity index (χ3v) is 2.60. The standard InChI is InChI=1S/C11H21NO2/c1-4-10-8-14-6-5-12(10)11(13)7-9(2)3/h9-10H,4-8H2,1-3H3. The van der Waals surface area contributed by atoms with Crippen molar-refractivity contribution in [1.29, 1.82) is 0 Å². The van der Waals surface area contributed by atoms with Gasteiger partial charge in [-0.1, -0.05) is 20.8 Å². The second-order valence-electron chi connectivity index (χ2n) is 4.32. The van der Waals surface area contributed by atoms with E-state index in [-0.39, 0.29) is 5.91 Å². The maximum Gasteiger partial charge on any atom is 0.223 e. The van der Waals surface area contributed by atoms with Crippen molar-refractivity contribution in [2.75, 3.05) is 19.8 Å². The Hall–Kier alpha value is -0.570. The first kappa shape index (κ1) is 11.5. The average molecular weight is 199 g/mol. The molecule has 82 valence electrons. The summed E-state index contributed by atoms with van der Waals surface area (Å²) in [5, 5.41) is 0. The van der Waals surface area contributed by atoms with Crippen LogP contribution in [0, 0.1) is 5.92 Å². The number of hydrogen-bond acceptors (Lipinski definition) is 2. The van der Waals surface area contributed by atoms with E-state index in [0.29, 0.717) is 31.6 Å². The Morgan fingerprint density at radius 2 is 2.29 bits per heavy atom. The normalized spacial score (nSPS) is 22.9. The van der Waals surface area contributed by atoms with Crippen LogP contribution in [0.3, 0.4) is 0 Å². The first-order valence-corrected chi connectivity index (χ1v) is 5.52. The highest BCUT2D eigenvalue weighted by Crippen LogP contribution is 2.13. The number of rotatable bonds is 3. The van der Waals surface area contributed by atoms with Gasteiger partial charge < -0.3 is 9.64 Å². The predicted molar refractivity (Wildman–Crippen MR) is 56.1 cm³/mol. The summed E-state index contributed by atoms with van der Waals surface area (Å²) in [6.07, 6.45) is 1.65. The molecule has 0 aromatic rings. The summed E-state index contributed by atoms with van der Waals surface area (Å²) in [6, 6.07) is 0.301. The summed E-state index contributed by atoms with van der Waals surface area (Å²) in [5.41, 5.74) is 0. The number of amides is 1. The molecule has 14 heavy (non-hydrogen) atoms. The minimum absolute atomic E-state index is 0.287. The number of hydrogen-bond donors (Lipinski definition) is 0. The van der Waals surface area contributed by atoms with Gasteiger partial charge in [0.15, 0.2) is 0 Å².